The number of carboxylic acid groups (broad SMARTS) is 1. The number of hydrogen-bond acceptors (Lipinski definition) is 4. The van der Waals surface area contributed by atoms with Gasteiger partial charge in [-0.05, 0) is 42.6 Å². The van der Waals surface area contributed by atoms with E-state index < -0.39 is 11.9 Å². The fourth-order valence-corrected chi connectivity index (χ4v) is 2.34. The molecule has 94 valence electrons. The van der Waals surface area contributed by atoms with Gasteiger partial charge >= 0.3 is 5.97 Å². The molecule has 0 aliphatic carbocycles. The van der Waals surface area contributed by atoms with Crippen LogP contribution < -0.4 is 0 Å². The highest BCUT2D eigenvalue weighted by atomic mass is 32.1. The molecule has 1 heterocycles. The summed E-state index contributed by atoms with van der Waals surface area (Å²) in [6.45, 7) is 1.72. The second-order valence-electron chi connectivity index (χ2n) is 3.90. The molecular formula is C12H11FN2O2S. The van der Waals surface area contributed by atoms with E-state index in [9.17, 15) is 14.3 Å². The molecule has 1 atom stereocenters. The minimum absolute atomic E-state index is 0.282. The molecule has 0 radical (unpaired) electrons. The van der Waals surface area contributed by atoms with Crippen LogP contribution in [0.25, 0.3) is 0 Å². The summed E-state index contributed by atoms with van der Waals surface area (Å²) in [5, 5.41) is 9.69. The van der Waals surface area contributed by atoms with Crippen LogP contribution in [0.1, 0.15) is 22.3 Å². The lowest BCUT2D eigenvalue weighted by atomic mass is 10.00. The predicted molar refractivity (Wildman–Crippen MR) is 65.1 cm³/mol. The van der Waals surface area contributed by atoms with Crippen molar-refractivity contribution in [1.29, 1.82) is 0 Å². The van der Waals surface area contributed by atoms with Gasteiger partial charge in [-0.2, -0.15) is 4.37 Å². The van der Waals surface area contributed by atoms with E-state index in [-0.39, 0.29) is 12.2 Å². The summed E-state index contributed by atoms with van der Waals surface area (Å²) in [7, 11) is 0. The molecule has 6 heteroatoms. The summed E-state index contributed by atoms with van der Waals surface area (Å²) < 4.78 is 16.8. The van der Waals surface area contributed by atoms with Crippen molar-refractivity contribution in [3.8, 4) is 0 Å². The topological polar surface area (TPSA) is 63.1 Å². The van der Waals surface area contributed by atoms with E-state index in [2.05, 4.69) is 9.36 Å². The van der Waals surface area contributed by atoms with Crippen LogP contribution in [0.15, 0.2) is 24.3 Å². The predicted octanol–water partition coefficient (Wildman–Crippen LogP) is 2.40. The molecular weight excluding hydrogens is 255 g/mol. The Morgan fingerprint density at radius 1 is 1.44 bits per heavy atom. The Hall–Kier alpha value is -1.82. The van der Waals surface area contributed by atoms with E-state index in [4.69, 9.17) is 0 Å². The molecule has 1 unspecified atom stereocenters. The Labute approximate surface area is 107 Å². The first-order chi connectivity index (χ1) is 8.56. The summed E-state index contributed by atoms with van der Waals surface area (Å²) >= 11 is 1.09. The standard InChI is InChI=1S/C12H11FN2O2S/c1-7-14-11(18-15-7)10(12(16)17)6-8-2-4-9(13)5-3-8/h2-5,10H,6H2,1H3,(H,16,17). The van der Waals surface area contributed by atoms with Gasteiger partial charge in [-0.25, -0.2) is 9.37 Å². The van der Waals surface area contributed by atoms with Gasteiger partial charge in [0.25, 0.3) is 0 Å². The summed E-state index contributed by atoms with van der Waals surface area (Å²) in [6, 6.07) is 5.80. The molecule has 1 N–H and O–H groups in total. The number of halogens is 1. The highest BCUT2D eigenvalue weighted by Crippen LogP contribution is 2.23. The Bertz CT molecular complexity index is 553. The van der Waals surface area contributed by atoms with E-state index in [0.717, 1.165) is 17.1 Å². The third-order valence-electron chi connectivity index (χ3n) is 2.49. The Morgan fingerprint density at radius 2 is 2.11 bits per heavy atom. The number of carbonyl (C=O) groups is 1. The largest absolute Gasteiger partial charge is 0.481 e. The molecule has 1 aromatic carbocycles. The van der Waals surface area contributed by atoms with Crippen LogP contribution in [-0.2, 0) is 11.2 Å². The zero-order valence-corrected chi connectivity index (χ0v) is 10.4. The number of rotatable bonds is 4. The minimum Gasteiger partial charge on any atom is -0.481 e. The third-order valence-corrected chi connectivity index (χ3v) is 3.41. The average molecular weight is 266 g/mol. The maximum absolute atomic E-state index is 12.8. The molecule has 1 aromatic heterocycles. The highest BCUT2D eigenvalue weighted by molar-refractivity contribution is 7.05. The Balaban J connectivity index is 2.22. The number of nitrogens with zero attached hydrogens (tertiary/aromatic N) is 2. The number of aromatic nitrogens is 2. The molecule has 0 saturated heterocycles. The fraction of sp³-hybridized carbons (Fsp3) is 0.250. The third kappa shape index (κ3) is 2.89. The lowest BCUT2D eigenvalue weighted by molar-refractivity contribution is -0.138. The quantitative estimate of drug-likeness (QED) is 0.923. The second kappa shape index (κ2) is 5.22. The maximum Gasteiger partial charge on any atom is 0.313 e. The van der Waals surface area contributed by atoms with Crippen LogP contribution >= 0.6 is 11.5 Å². The van der Waals surface area contributed by atoms with Crippen molar-refractivity contribution in [2.75, 3.05) is 0 Å². The van der Waals surface area contributed by atoms with Crippen molar-refractivity contribution >= 4 is 17.5 Å². The van der Waals surface area contributed by atoms with Crippen LogP contribution in [0.4, 0.5) is 4.39 Å². The van der Waals surface area contributed by atoms with Gasteiger partial charge in [0.15, 0.2) is 0 Å². The summed E-state index contributed by atoms with van der Waals surface area (Å²) in [5.41, 5.74) is 0.761. The molecule has 0 fully saturated rings. The van der Waals surface area contributed by atoms with Gasteiger partial charge in [0.05, 0.1) is 0 Å². The van der Waals surface area contributed by atoms with Crippen molar-refractivity contribution in [1.82, 2.24) is 9.36 Å². The number of benzene rings is 1. The van der Waals surface area contributed by atoms with E-state index in [0.29, 0.717) is 10.8 Å². The van der Waals surface area contributed by atoms with Crippen LogP contribution in [-0.4, -0.2) is 20.4 Å². The average Bonchev–Trinajstić information content (AvgIpc) is 2.74. The smallest absolute Gasteiger partial charge is 0.313 e. The normalized spacial score (nSPS) is 12.3. The zero-order chi connectivity index (χ0) is 13.1. The number of aliphatic carboxylic acids is 1. The van der Waals surface area contributed by atoms with Gasteiger partial charge in [0, 0.05) is 0 Å². The molecule has 18 heavy (non-hydrogen) atoms. The summed E-state index contributed by atoms with van der Waals surface area (Å²) in [6.07, 6.45) is 0.282. The van der Waals surface area contributed by atoms with Gasteiger partial charge in [0.2, 0.25) is 0 Å². The van der Waals surface area contributed by atoms with Crippen molar-refractivity contribution in [2.24, 2.45) is 0 Å². The number of aryl methyl sites for hydroxylation is 1. The van der Waals surface area contributed by atoms with Crippen molar-refractivity contribution < 1.29 is 14.3 Å². The van der Waals surface area contributed by atoms with Gasteiger partial charge in [0.1, 0.15) is 22.6 Å². The monoisotopic (exact) mass is 266 g/mol. The number of carboxylic acids is 1. The molecule has 0 aliphatic heterocycles. The Morgan fingerprint density at radius 3 is 2.61 bits per heavy atom. The van der Waals surface area contributed by atoms with Gasteiger partial charge < -0.3 is 5.11 Å². The first kappa shape index (κ1) is 12.6. The molecule has 0 bridgehead atoms. The van der Waals surface area contributed by atoms with Gasteiger partial charge in [-0.15, -0.1) is 0 Å². The van der Waals surface area contributed by atoms with Gasteiger partial charge in [-0.1, -0.05) is 12.1 Å². The van der Waals surface area contributed by atoms with Crippen LogP contribution in [0.2, 0.25) is 0 Å². The molecule has 0 amide bonds. The summed E-state index contributed by atoms with van der Waals surface area (Å²) in [5.74, 6) is -1.45. The van der Waals surface area contributed by atoms with E-state index in [1.165, 1.54) is 12.1 Å². The van der Waals surface area contributed by atoms with Crippen molar-refractivity contribution in [3.05, 3.63) is 46.5 Å². The Kier molecular flexibility index (Phi) is 3.66. The highest BCUT2D eigenvalue weighted by Gasteiger charge is 2.24. The fourth-order valence-electron chi connectivity index (χ4n) is 1.59. The van der Waals surface area contributed by atoms with Crippen molar-refractivity contribution in [2.45, 2.75) is 19.3 Å². The van der Waals surface area contributed by atoms with E-state index in [1.54, 1.807) is 19.1 Å². The van der Waals surface area contributed by atoms with E-state index in [1.807, 2.05) is 0 Å². The first-order valence-electron chi connectivity index (χ1n) is 5.33. The number of hydrogen-bond donors (Lipinski definition) is 1. The van der Waals surface area contributed by atoms with Crippen molar-refractivity contribution in [3.63, 3.8) is 0 Å². The van der Waals surface area contributed by atoms with E-state index >= 15 is 0 Å². The van der Waals surface area contributed by atoms with Crippen LogP contribution in [0.5, 0.6) is 0 Å². The molecule has 0 saturated carbocycles. The molecule has 4 nitrogen and oxygen atoms in total. The SMILES string of the molecule is Cc1nsc(C(Cc2ccc(F)cc2)C(=O)O)n1. The van der Waals surface area contributed by atoms with Gasteiger partial charge in [-0.3, -0.25) is 4.79 Å². The lowest BCUT2D eigenvalue weighted by Crippen LogP contribution is -2.14. The maximum atomic E-state index is 12.8. The zero-order valence-electron chi connectivity index (χ0n) is 9.63. The molecule has 2 rings (SSSR count). The van der Waals surface area contributed by atoms with Crippen LogP contribution in [0, 0.1) is 12.7 Å². The second-order valence-corrected chi connectivity index (χ2v) is 4.68. The molecule has 2 aromatic rings. The lowest BCUT2D eigenvalue weighted by Gasteiger charge is -2.08. The molecule has 0 spiro atoms. The summed E-state index contributed by atoms with van der Waals surface area (Å²) in [4.78, 5) is 15.3. The minimum atomic E-state index is -0.949. The van der Waals surface area contributed by atoms with Crippen LogP contribution in [0.3, 0.4) is 0 Å². The first-order valence-corrected chi connectivity index (χ1v) is 6.11. The molecule has 0 aliphatic rings.